The van der Waals surface area contributed by atoms with Crippen LogP contribution in [-0.2, 0) is 5.41 Å². The molecule has 0 spiro atoms. The first-order valence-electron chi connectivity index (χ1n) is 18.9. The van der Waals surface area contributed by atoms with Gasteiger partial charge in [0, 0.05) is 38.8 Å². The summed E-state index contributed by atoms with van der Waals surface area (Å²) in [4.78, 5) is 2.58. The lowest BCUT2D eigenvalue weighted by Crippen LogP contribution is -2.45. The third kappa shape index (κ3) is 4.56. The highest BCUT2D eigenvalue weighted by atomic mass is 16.3. The second-order valence-corrected chi connectivity index (χ2v) is 15.5. The van der Waals surface area contributed by atoms with Gasteiger partial charge in [-0.1, -0.05) is 135 Å². The molecular formula is C50H37BN2O. The Balaban J connectivity index is 1.16. The molecule has 0 radical (unpaired) electrons. The molecule has 4 heteroatoms. The quantitative estimate of drug-likeness (QED) is 0.186. The third-order valence-electron chi connectivity index (χ3n) is 11.9. The summed E-state index contributed by atoms with van der Waals surface area (Å²) in [5.74, 6) is 0. The minimum Gasteiger partial charge on any atom is -0.454 e. The maximum Gasteiger partial charge on any atom is 0.198 e. The Kier molecular flexibility index (Phi) is 6.61. The molecule has 9 aromatic rings. The number of nitrogens with one attached hydrogen (secondary N) is 1. The van der Waals surface area contributed by atoms with Gasteiger partial charge < -0.3 is 14.6 Å². The van der Waals surface area contributed by atoms with E-state index in [0.29, 0.717) is 0 Å². The average Bonchev–Trinajstić information content (AvgIpc) is 3.59. The zero-order chi connectivity index (χ0) is 36.1. The smallest absolute Gasteiger partial charge is 0.198 e. The molecule has 2 aliphatic heterocycles. The molecule has 0 aliphatic carbocycles. The molecule has 2 aliphatic rings. The van der Waals surface area contributed by atoms with Crippen molar-refractivity contribution >= 4 is 79.4 Å². The molecular weight excluding hydrogens is 655 g/mol. The second kappa shape index (κ2) is 11.5. The highest BCUT2D eigenvalue weighted by Crippen LogP contribution is 2.53. The first-order chi connectivity index (χ1) is 26.4. The SMILES string of the molecule is Cc1cc(-c2cc(-c3ccccc3)ccc2Nc2cccc3c2oc2ccccc23)c2c(c1)N1c3cc4ccccc4cc3C(C)(C)c3cccc(c31)B2. The van der Waals surface area contributed by atoms with Crippen LogP contribution in [0.3, 0.4) is 0 Å². The maximum atomic E-state index is 6.50. The topological polar surface area (TPSA) is 28.4 Å². The average molecular weight is 693 g/mol. The van der Waals surface area contributed by atoms with Crippen LogP contribution in [0.2, 0.25) is 0 Å². The summed E-state index contributed by atoms with van der Waals surface area (Å²) in [6, 6.07) is 57.6. The predicted molar refractivity (Wildman–Crippen MR) is 230 cm³/mol. The number of rotatable bonds is 4. The van der Waals surface area contributed by atoms with Gasteiger partial charge >= 0.3 is 0 Å². The van der Waals surface area contributed by atoms with Crippen LogP contribution >= 0.6 is 0 Å². The van der Waals surface area contributed by atoms with E-state index in [9.17, 15) is 0 Å². The van der Waals surface area contributed by atoms with E-state index in [1.54, 1.807) is 0 Å². The maximum absolute atomic E-state index is 6.50. The van der Waals surface area contributed by atoms with Crippen molar-refractivity contribution in [1.29, 1.82) is 0 Å². The molecule has 0 bridgehead atoms. The van der Waals surface area contributed by atoms with Crippen molar-refractivity contribution < 1.29 is 4.42 Å². The Morgan fingerprint density at radius 3 is 2.20 bits per heavy atom. The summed E-state index contributed by atoms with van der Waals surface area (Å²) in [6.07, 6.45) is 0. The van der Waals surface area contributed by atoms with Gasteiger partial charge in [-0.05, 0) is 99.0 Å². The van der Waals surface area contributed by atoms with Crippen LogP contribution in [0, 0.1) is 6.92 Å². The summed E-state index contributed by atoms with van der Waals surface area (Å²) >= 11 is 0. The fourth-order valence-corrected chi connectivity index (χ4v) is 9.22. The number of benzene rings is 8. The highest BCUT2D eigenvalue weighted by Gasteiger charge is 2.41. The second-order valence-electron chi connectivity index (χ2n) is 15.5. The van der Waals surface area contributed by atoms with Gasteiger partial charge in [0.2, 0.25) is 0 Å². The standard InChI is InChI=1S/C50H37BN2O/c1-30-25-38(47-45(26-30)53-44-29-33-16-8-7-15-32(33)28-40(44)50(2,3)39-19-12-20-41(51-47)48(39)53)37-27-34(31-13-5-4-6-14-31)23-24-42(37)52-43-21-11-18-36-35-17-9-10-22-46(35)54-49(36)43/h4-29,51-52H,1-3H3. The van der Waals surface area contributed by atoms with E-state index in [1.165, 1.54) is 77.7 Å². The number of furan rings is 1. The van der Waals surface area contributed by atoms with Gasteiger partial charge in [0.05, 0.1) is 11.4 Å². The fourth-order valence-electron chi connectivity index (χ4n) is 9.22. The number of anilines is 5. The Hall–Kier alpha value is -6.52. The Morgan fingerprint density at radius 2 is 1.33 bits per heavy atom. The molecule has 0 unspecified atom stereocenters. The molecule has 0 saturated carbocycles. The number of hydrogen-bond acceptors (Lipinski definition) is 3. The summed E-state index contributed by atoms with van der Waals surface area (Å²) in [5, 5.41) is 8.65. The van der Waals surface area contributed by atoms with Gasteiger partial charge in [-0.25, -0.2) is 0 Å². The zero-order valence-corrected chi connectivity index (χ0v) is 30.6. The molecule has 0 amide bonds. The van der Waals surface area contributed by atoms with Crippen LogP contribution in [-0.4, -0.2) is 7.28 Å². The van der Waals surface area contributed by atoms with E-state index >= 15 is 0 Å². The lowest BCUT2D eigenvalue weighted by Gasteiger charge is -2.46. The van der Waals surface area contributed by atoms with Crippen molar-refractivity contribution in [3.05, 3.63) is 174 Å². The van der Waals surface area contributed by atoms with Crippen molar-refractivity contribution in [3.8, 4) is 22.3 Å². The lowest BCUT2D eigenvalue weighted by atomic mass is 9.55. The summed E-state index contributed by atoms with van der Waals surface area (Å²) in [5.41, 5.74) is 18.9. The predicted octanol–water partition coefficient (Wildman–Crippen LogP) is 11.9. The summed E-state index contributed by atoms with van der Waals surface area (Å²) in [6.45, 7) is 7.02. The largest absolute Gasteiger partial charge is 0.454 e. The van der Waals surface area contributed by atoms with Crippen LogP contribution in [0.25, 0.3) is 55.0 Å². The number of nitrogens with zero attached hydrogens (tertiary/aromatic N) is 1. The van der Waals surface area contributed by atoms with Crippen molar-refractivity contribution in [1.82, 2.24) is 0 Å². The fraction of sp³-hybridized carbons (Fsp3) is 0.0800. The first-order valence-corrected chi connectivity index (χ1v) is 18.9. The number of hydrogen-bond donors (Lipinski definition) is 1. The van der Waals surface area contributed by atoms with Crippen molar-refractivity contribution in [3.63, 3.8) is 0 Å². The van der Waals surface area contributed by atoms with Crippen LogP contribution in [0.15, 0.2) is 162 Å². The molecule has 11 rings (SSSR count). The van der Waals surface area contributed by atoms with E-state index in [1.807, 2.05) is 12.1 Å². The van der Waals surface area contributed by atoms with Gasteiger partial charge in [0.15, 0.2) is 12.9 Å². The van der Waals surface area contributed by atoms with Gasteiger partial charge in [0.1, 0.15) is 5.58 Å². The molecule has 3 nitrogen and oxygen atoms in total. The molecule has 54 heavy (non-hydrogen) atoms. The minimum absolute atomic E-state index is 0.149. The molecule has 0 atom stereocenters. The third-order valence-corrected chi connectivity index (χ3v) is 11.9. The van der Waals surface area contributed by atoms with E-state index in [-0.39, 0.29) is 5.41 Å². The molecule has 0 fully saturated rings. The van der Waals surface area contributed by atoms with Gasteiger partial charge in [0.25, 0.3) is 0 Å². The molecule has 256 valence electrons. The van der Waals surface area contributed by atoms with Crippen molar-refractivity contribution in [2.75, 3.05) is 10.2 Å². The lowest BCUT2D eigenvalue weighted by molar-refractivity contribution is 0.633. The summed E-state index contributed by atoms with van der Waals surface area (Å²) in [7, 11) is 0.845. The molecule has 8 aromatic carbocycles. The number of fused-ring (bicyclic) bond motifs is 8. The molecule has 0 saturated heterocycles. The molecule has 1 N–H and O–H groups in total. The highest BCUT2D eigenvalue weighted by molar-refractivity contribution is 6.73. The van der Waals surface area contributed by atoms with Crippen LogP contribution < -0.4 is 21.1 Å². The Bertz CT molecular complexity index is 2990. The summed E-state index contributed by atoms with van der Waals surface area (Å²) < 4.78 is 6.50. The normalized spacial score (nSPS) is 13.7. The van der Waals surface area contributed by atoms with Gasteiger partial charge in [-0.15, -0.1) is 0 Å². The van der Waals surface area contributed by atoms with Crippen LogP contribution in [0.4, 0.5) is 28.4 Å². The number of para-hydroxylation sites is 3. The number of aryl methyl sites for hydroxylation is 1. The van der Waals surface area contributed by atoms with E-state index < -0.39 is 0 Å². The Labute approximate surface area is 315 Å². The van der Waals surface area contributed by atoms with E-state index in [2.05, 4.69) is 177 Å². The van der Waals surface area contributed by atoms with Gasteiger partial charge in [-0.3, -0.25) is 0 Å². The van der Waals surface area contributed by atoms with E-state index in [4.69, 9.17) is 4.42 Å². The van der Waals surface area contributed by atoms with Crippen molar-refractivity contribution in [2.24, 2.45) is 0 Å². The van der Waals surface area contributed by atoms with E-state index in [0.717, 1.165) is 40.6 Å². The van der Waals surface area contributed by atoms with Crippen LogP contribution in [0.1, 0.15) is 30.5 Å². The Morgan fingerprint density at radius 1 is 0.574 bits per heavy atom. The van der Waals surface area contributed by atoms with Crippen molar-refractivity contribution in [2.45, 2.75) is 26.2 Å². The molecule has 1 aromatic heterocycles. The zero-order valence-electron chi connectivity index (χ0n) is 30.6. The molecule has 3 heterocycles. The minimum atomic E-state index is -0.149. The van der Waals surface area contributed by atoms with Crippen LogP contribution in [0.5, 0.6) is 0 Å². The van der Waals surface area contributed by atoms with Gasteiger partial charge in [-0.2, -0.15) is 0 Å². The first kappa shape index (κ1) is 31.1. The monoisotopic (exact) mass is 692 g/mol.